The first-order valence-electron chi connectivity index (χ1n) is 17.6. The highest BCUT2D eigenvalue weighted by atomic mass is 19.1. The zero-order chi connectivity index (χ0) is 35.5. The largest absolute Gasteiger partial charge is 0.508 e. The number of methoxy groups -OCH3 is 1. The topological polar surface area (TPSA) is 112 Å². The molecule has 2 saturated heterocycles. The maximum atomic E-state index is 15.3. The van der Waals surface area contributed by atoms with Crippen molar-refractivity contribution in [3.8, 4) is 11.8 Å². The Morgan fingerprint density at radius 1 is 1.27 bits per heavy atom. The molecule has 3 heterocycles. The van der Waals surface area contributed by atoms with Crippen LogP contribution < -0.4 is 15.0 Å². The molecule has 3 aliphatic rings. The second-order valence-corrected chi connectivity index (χ2v) is 13.6. The summed E-state index contributed by atoms with van der Waals surface area (Å²) in [6.45, 7) is 16.7. The lowest BCUT2D eigenvalue weighted by atomic mass is 9.78. The van der Waals surface area contributed by atoms with E-state index in [-0.39, 0.29) is 30.2 Å². The molecule has 9 nitrogen and oxygen atoms in total. The van der Waals surface area contributed by atoms with Crippen LogP contribution in [0.3, 0.4) is 0 Å². The summed E-state index contributed by atoms with van der Waals surface area (Å²) in [7, 11) is 1.53. The third kappa shape index (κ3) is 7.66. The molecule has 2 aromatic carbocycles. The first-order valence-corrected chi connectivity index (χ1v) is 17.6. The highest BCUT2D eigenvalue weighted by Gasteiger charge is 2.37. The number of halogens is 1. The number of anilines is 1. The number of aliphatic hydroxyl groups is 1. The Bertz CT molecular complexity index is 1780. The molecule has 2 fully saturated rings. The molecule has 49 heavy (non-hydrogen) atoms. The maximum absolute atomic E-state index is 15.3. The van der Waals surface area contributed by atoms with Gasteiger partial charge >= 0.3 is 6.01 Å². The number of fused-ring (bicyclic) bond motifs is 2. The lowest BCUT2D eigenvalue weighted by Gasteiger charge is -2.33. The lowest BCUT2D eigenvalue weighted by Crippen LogP contribution is -2.42. The molecule has 0 amide bonds. The minimum absolute atomic E-state index is 0.0183. The summed E-state index contributed by atoms with van der Waals surface area (Å²) in [4.78, 5) is 16.9. The summed E-state index contributed by atoms with van der Waals surface area (Å²) < 4.78 is 26.6. The van der Waals surface area contributed by atoms with Crippen molar-refractivity contribution < 1.29 is 24.1 Å². The van der Waals surface area contributed by atoms with Crippen molar-refractivity contribution in [3.05, 3.63) is 58.5 Å². The summed E-state index contributed by atoms with van der Waals surface area (Å²) in [6, 6.07) is 7.50. The van der Waals surface area contributed by atoms with E-state index in [1.54, 1.807) is 25.1 Å². The lowest BCUT2D eigenvalue weighted by molar-refractivity contribution is -0.0123. The highest BCUT2D eigenvalue weighted by molar-refractivity contribution is 6.51. The van der Waals surface area contributed by atoms with Gasteiger partial charge in [-0.05, 0) is 113 Å². The summed E-state index contributed by atoms with van der Waals surface area (Å²) in [5.74, 6) is 0.418. The number of aromatic nitrogens is 2. The van der Waals surface area contributed by atoms with E-state index in [0.717, 1.165) is 51.2 Å². The SMILES string of the molecule is C/C=C1\C(=NC(C)CC)C(c2cc(O)cc3ccc(F)c(CC)c23)=C(C)c2nc(OC)nc(N3CCOCC(C)(O)C3)c21.CC1CCCN1. The Morgan fingerprint density at radius 2 is 2.04 bits per heavy atom. The maximum Gasteiger partial charge on any atom is 0.318 e. The van der Waals surface area contributed by atoms with Crippen LogP contribution in [-0.4, -0.2) is 83.5 Å². The second-order valence-electron chi connectivity index (χ2n) is 13.6. The smallest absolute Gasteiger partial charge is 0.318 e. The van der Waals surface area contributed by atoms with E-state index in [2.05, 4.69) is 26.1 Å². The van der Waals surface area contributed by atoms with Crippen molar-refractivity contribution >= 4 is 39.0 Å². The Balaban J connectivity index is 0.000000704. The van der Waals surface area contributed by atoms with Gasteiger partial charge in [-0.2, -0.15) is 9.97 Å². The van der Waals surface area contributed by atoms with Gasteiger partial charge in [-0.1, -0.05) is 26.0 Å². The number of rotatable bonds is 6. The van der Waals surface area contributed by atoms with Crippen LogP contribution in [0.5, 0.6) is 11.8 Å². The molecule has 0 spiro atoms. The number of hydrogen-bond acceptors (Lipinski definition) is 9. The van der Waals surface area contributed by atoms with Crippen LogP contribution in [0, 0.1) is 5.82 Å². The standard InChI is InChI=1S/C34H41FN4O4.C5H11N/c1-8-19(4)36-31-24(10-3)29-30(37-33(42-7)38-32(29)39-13-14-43-18-34(6,41)17-39)20(5)27(31)25-16-22(40)15-21-11-12-26(35)23(9-2)28(21)25;1-5-3-2-4-6-5/h10-12,15-16,19,40-41H,8-9,13-14,17-18H2,1-7H3;5-6H,2-4H2,1H3/b24-10-,36-31?;. The fraction of sp³-hybridized carbons (Fsp3) is 0.513. The van der Waals surface area contributed by atoms with Crippen LogP contribution >= 0.6 is 0 Å². The minimum Gasteiger partial charge on any atom is -0.508 e. The quantitative estimate of drug-likeness (QED) is 0.257. The summed E-state index contributed by atoms with van der Waals surface area (Å²) in [5.41, 5.74) is 4.77. The third-order valence-electron chi connectivity index (χ3n) is 9.60. The first kappa shape index (κ1) is 36.4. The predicted octanol–water partition coefficient (Wildman–Crippen LogP) is 6.98. The number of ether oxygens (including phenoxy) is 2. The van der Waals surface area contributed by atoms with Crippen molar-refractivity contribution in [1.82, 2.24) is 15.3 Å². The van der Waals surface area contributed by atoms with Crippen LogP contribution in [0.2, 0.25) is 0 Å². The molecular weight excluding hydrogens is 621 g/mol. The number of hydrogen-bond donors (Lipinski definition) is 3. The molecule has 0 bridgehead atoms. The zero-order valence-corrected chi connectivity index (χ0v) is 30.3. The average molecular weight is 674 g/mol. The van der Waals surface area contributed by atoms with Crippen LogP contribution in [-0.2, 0) is 11.2 Å². The Labute approximate surface area is 290 Å². The molecule has 2 aliphatic heterocycles. The predicted molar refractivity (Wildman–Crippen MR) is 197 cm³/mol. The Hall–Kier alpha value is -3.86. The van der Waals surface area contributed by atoms with Gasteiger partial charge in [-0.25, -0.2) is 4.39 Å². The number of phenolic OH excluding ortho intramolecular Hbond substituents is 1. The van der Waals surface area contributed by atoms with Crippen molar-refractivity contribution in [3.63, 3.8) is 0 Å². The molecule has 0 radical (unpaired) electrons. The van der Waals surface area contributed by atoms with E-state index in [1.165, 1.54) is 32.6 Å². The van der Waals surface area contributed by atoms with Crippen molar-refractivity contribution in [2.75, 3.05) is 44.9 Å². The summed E-state index contributed by atoms with van der Waals surface area (Å²) >= 11 is 0. The summed E-state index contributed by atoms with van der Waals surface area (Å²) in [6.07, 6.45) is 6.05. The van der Waals surface area contributed by atoms with Gasteiger partial charge < -0.3 is 29.9 Å². The number of nitrogens with one attached hydrogen (secondary N) is 1. The number of aryl methyl sites for hydroxylation is 1. The molecule has 3 atom stereocenters. The van der Waals surface area contributed by atoms with Gasteiger partial charge in [0, 0.05) is 29.8 Å². The molecule has 3 N–H and O–H groups in total. The van der Waals surface area contributed by atoms with Gasteiger partial charge in [-0.15, -0.1) is 0 Å². The van der Waals surface area contributed by atoms with Gasteiger partial charge in [0.1, 0.15) is 23.0 Å². The fourth-order valence-electron chi connectivity index (χ4n) is 6.96. The molecule has 6 rings (SSSR count). The van der Waals surface area contributed by atoms with E-state index in [9.17, 15) is 10.2 Å². The van der Waals surface area contributed by atoms with E-state index in [4.69, 9.17) is 24.4 Å². The Kier molecular flexibility index (Phi) is 11.4. The number of β-amino-alcohol motifs (C(OH)–C–C–N with tert-alkyl or cyclic N) is 1. The van der Waals surface area contributed by atoms with E-state index < -0.39 is 5.60 Å². The van der Waals surface area contributed by atoms with E-state index >= 15 is 4.39 Å². The highest BCUT2D eigenvalue weighted by Crippen LogP contribution is 2.47. The average Bonchev–Trinajstić information content (AvgIpc) is 3.48. The van der Waals surface area contributed by atoms with Crippen LogP contribution in [0.15, 0.2) is 35.3 Å². The summed E-state index contributed by atoms with van der Waals surface area (Å²) in [5, 5.41) is 26.8. The van der Waals surface area contributed by atoms with Gasteiger partial charge in [-0.3, -0.25) is 4.99 Å². The van der Waals surface area contributed by atoms with Crippen LogP contribution in [0.1, 0.15) is 90.1 Å². The van der Waals surface area contributed by atoms with Gasteiger partial charge in [0.15, 0.2) is 0 Å². The number of allylic oxidation sites excluding steroid dienone is 4. The monoisotopic (exact) mass is 673 g/mol. The number of aliphatic imine (C=N–C) groups is 1. The molecule has 1 aromatic heterocycles. The third-order valence-corrected chi connectivity index (χ3v) is 9.60. The van der Waals surface area contributed by atoms with Gasteiger partial charge in [0.25, 0.3) is 0 Å². The Morgan fingerprint density at radius 3 is 2.65 bits per heavy atom. The van der Waals surface area contributed by atoms with E-state index in [1.807, 2.05) is 31.7 Å². The van der Waals surface area contributed by atoms with E-state index in [0.29, 0.717) is 48.8 Å². The molecule has 10 heteroatoms. The van der Waals surface area contributed by atoms with Gasteiger partial charge in [0.2, 0.25) is 0 Å². The normalized spacial score (nSPS) is 23.4. The molecule has 0 saturated carbocycles. The number of aromatic hydroxyl groups is 1. The molecular formula is C39H52FN5O4. The zero-order valence-electron chi connectivity index (χ0n) is 30.3. The van der Waals surface area contributed by atoms with Crippen molar-refractivity contribution in [2.24, 2.45) is 4.99 Å². The number of benzene rings is 2. The van der Waals surface area contributed by atoms with Crippen molar-refractivity contribution in [1.29, 1.82) is 0 Å². The minimum atomic E-state index is -1.09. The first-order chi connectivity index (χ1) is 23.4. The molecule has 1 aliphatic carbocycles. The molecule has 3 aromatic rings. The van der Waals surface area contributed by atoms with Crippen LogP contribution in [0.4, 0.5) is 10.2 Å². The molecule has 3 unspecified atom stereocenters. The second kappa shape index (κ2) is 15.4. The van der Waals surface area contributed by atoms with Crippen LogP contribution in [0.25, 0.3) is 27.5 Å². The molecule has 264 valence electrons. The fourth-order valence-corrected chi connectivity index (χ4v) is 6.96. The van der Waals surface area contributed by atoms with Crippen molar-refractivity contribution in [2.45, 2.75) is 91.8 Å². The number of nitrogens with zero attached hydrogens (tertiary/aromatic N) is 4. The van der Waals surface area contributed by atoms with Gasteiger partial charge in [0.05, 0.1) is 43.8 Å². The number of phenols is 1.